The second-order valence-corrected chi connectivity index (χ2v) is 7.75. The van der Waals surface area contributed by atoms with Gasteiger partial charge in [0.25, 0.3) is 0 Å². The summed E-state index contributed by atoms with van der Waals surface area (Å²) < 4.78 is 2.37. The van der Waals surface area contributed by atoms with E-state index in [0.29, 0.717) is 22.8 Å². The van der Waals surface area contributed by atoms with Gasteiger partial charge in [-0.25, -0.2) is 0 Å². The molecule has 0 aliphatic rings. The van der Waals surface area contributed by atoms with E-state index >= 15 is 0 Å². The van der Waals surface area contributed by atoms with Gasteiger partial charge in [-0.15, -0.1) is 0 Å². The quantitative estimate of drug-likeness (QED) is 0.550. The molecule has 2 aromatic carbocycles. The molecule has 2 N–H and O–H groups in total. The van der Waals surface area contributed by atoms with E-state index < -0.39 is 0 Å². The second kappa shape index (κ2) is 9.17. The Hall–Kier alpha value is -2.44. The van der Waals surface area contributed by atoms with Crippen molar-refractivity contribution >= 4 is 29.7 Å². The summed E-state index contributed by atoms with van der Waals surface area (Å²) in [5.41, 5.74) is 3.24. The number of H-pyrrole nitrogens is 1. The highest BCUT2D eigenvalue weighted by Crippen LogP contribution is 2.18. The molecule has 0 aliphatic heterocycles. The monoisotopic (exact) mass is 414 g/mol. The van der Waals surface area contributed by atoms with Crippen LogP contribution in [-0.2, 0) is 17.8 Å². The van der Waals surface area contributed by atoms with Gasteiger partial charge in [0.15, 0.2) is 10.6 Å². The smallest absolute Gasteiger partial charge is 0.222 e. The van der Waals surface area contributed by atoms with Gasteiger partial charge < -0.3 is 5.32 Å². The predicted molar refractivity (Wildman–Crippen MR) is 115 cm³/mol. The molecule has 0 spiro atoms. The lowest BCUT2D eigenvalue weighted by atomic mass is 10.1. The van der Waals surface area contributed by atoms with Crippen LogP contribution in [0.2, 0.25) is 5.02 Å². The number of halogens is 1. The van der Waals surface area contributed by atoms with E-state index in [4.69, 9.17) is 23.8 Å². The van der Waals surface area contributed by atoms with E-state index in [1.807, 2.05) is 66.9 Å². The number of aromatic nitrogens is 3. The second-order valence-electron chi connectivity index (χ2n) is 6.92. The Morgan fingerprint density at radius 1 is 1.29 bits per heavy atom. The van der Waals surface area contributed by atoms with Crippen molar-refractivity contribution in [1.82, 2.24) is 20.1 Å². The van der Waals surface area contributed by atoms with Gasteiger partial charge in [-0.2, -0.15) is 5.10 Å². The lowest BCUT2D eigenvalue weighted by molar-refractivity contribution is -0.121. The largest absolute Gasteiger partial charge is 0.353 e. The molecule has 7 heteroatoms. The lowest BCUT2D eigenvalue weighted by Crippen LogP contribution is -2.34. The Morgan fingerprint density at radius 3 is 2.75 bits per heavy atom. The van der Waals surface area contributed by atoms with Crippen molar-refractivity contribution in [1.29, 1.82) is 0 Å². The van der Waals surface area contributed by atoms with Crippen LogP contribution in [0.4, 0.5) is 0 Å². The van der Waals surface area contributed by atoms with Gasteiger partial charge in [-0.05, 0) is 50.2 Å². The Balaban J connectivity index is 1.59. The van der Waals surface area contributed by atoms with Crippen LogP contribution < -0.4 is 5.32 Å². The molecule has 0 bridgehead atoms. The topological polar surface area (TPSA) is 62.7 Å². The molecule has 0 saturated heterocycles. The van der Waals surface area contributed by atoms with E-state index in [1.165, 1.54) is 5.56 Å². The molecular formula is C21H23ClN4OS. The molecule has 1 aromatic heterocycles. The molecule has 5 nitrogen and oxygen atoms in total. The van der Waals surface area contributed by atoms with Crippen LogP contribution in [0.5, 0.6) is 0 Å². The zero-order chi connectivity index (χ0) is 20.1. The fourth-order valence-electron chi connectivity index (χ4n) is 3.08. The van der Waals surface area contributed by atoms with Crippen molar-refractivity contribution in [2.24, 2.45) is 0 Å². The van der Waals surface area contributed by atoms with Crippen LogP contribution in [0.1, 0.15) is 24.5 Å². The maximum absolute atomic E-state index is 12.4. The van der Waals surface area contributed by atoms with Crippen molar-refractivity contribution in [2.45, 2.75) is 39.3 Å². The van der Waals surface area contributed by atoms with Crippen molar-refractivity contribution in [3.63, 3.8) is 0 Å². The van der Waals surface area contributed by atoms with Crippen molar-refractivity contribution in [3.8, 4) is 11.4 Å². The molecule has 146 valence electrons. The first-order valence-electron chi connectivity index (χ1n) is 9.18. The Bertz CT molecular complexity index is 1010. The number of carbonyl (C=O) groups excluding carboxylic acids is 1. The van der Waals surface area contributed by atoms with Gasteiger partial charge >= 0.3 is 0 Å². The molecule has 0 radical (unpaired) electrons. The van der Waals surface area contributed by atoms with Crippen LogP contribution in [0.3, 0.4) is 0 Å². The number of amides is 1. The number of hydrogen-bond donors (Lipinski definition) is 2. The number of carbonyl (C=O) groups is 1. The highest BCUT2D eigenvalue weighted by molar-refractivity contribution is 7.71. The standard InChI is InChI=1S/C21H23ClN4OS/c1-14-6-8-17(9-7-14)20-24-25-21(28)26(20)11-10-19(27)23-15(2)12-16-4-3-5-18(22)13-16/h3-9,13,15H,10-12H2,1-2H3,(H,23,27)(H,25,28)/t15-/m1/s1. The summed E-state index contributed by atoms with van der Waals surface area (Å²) in [6.45, 7) is 4.49. The first-order chi connectivity index (χ1) is 13.4. The normalized spacial score (nSPS) is 12.0. The fourth-order valence-corrected chi connectivity index (χ4v) is 3.51. The Morgan fingerprint density at radius 2 is 2.04 bits per heavy atom. The molecule has 0 aliphatic carbocycles. The summed E-state index contributed by atoms with van der Waals surface area (Å²) in [5.74, 6) is 0.720. The molecule has 3 aromatic rings. The molecule has 1 amide bonds. The van der Waals surface area contributed by atoms with Crippen molar-refractivity contribution in [2.75, 3.05) is 0 Å². The van der Waals surface area contributed by atoms with E-state index in [2.05, 4.69) is 15.5 Å². The van der Waals surface area contributed by atoms with Gasteiger partial charge in [-0.3, -0.25) is 14.5 Å². The third kappa shape index (κ3) is 5.30. The highest BCUT2D eigenvalue weighted by atomic mass is 35.5. The summed E-state index contributed by atoms with van der Waals surface area (Å²) in [5, 5.41) is 10.9. The summed E-state index contributed by atoms with van der Waals surface area (Å²) >= 11 is 11.4. The number of nitrogens with one attached hydrogen (secondary N) is 2. The van der Waals surface area contributed by atoms with E-state index in [1.54, 1.807) is 0 Å². The van der Waals surface area contributed by atoms with Crippen LogP contribution in [-0.4, -0.2) is 26.7 Å². The SMILES string of the molecule is Cc1ccc(-c2n[nH]c(=S)n2CCC(=O)N[C@H](C)Cc2cccc(Cl)c2)cc1. The van der Waals surface area contributed by atoms with Crippen LogP contribution in [0.25, 0.3) is 11.4 Å². The third-order valence-electron chi connectivity index (χ3n) is 4.47. The first-order valence-corrected chi connectivity index (χ1v) is 9.97. The van der Waals surface area contributed by atoms with E-state index in [0.717, 1.165) is 23.4 Å². The Kier molecular flexibility index (Phi) is 6.65. The van der Waals surface area contributed by atoms with Gasteiger partial charge in [-0.1, -0.05) is 53.6 Å². The molecule has 3 rings (SSSR count). The lowest BCUT2D eigenvalue weighted by Gasteiger charge is -2.14. The molecule has 0 unspecified atom stereocenters. The van der Waals surface area contributed by atoms with Gasteiger partial charge in [0.1, 0.15) is 0 Å². The molecular weight excluding hydrogens is 392 g/mol. The number of aryl methyl sites for hydroxylation is 1. The minimum absolute atomic E-state index is 0.0138. The van der Waals surface area contributed by atoms with Gasteiger partial charge in [0.2, 0.25) is 5.91 Å². The summed E-state index contributed by atoms with van der Waals surface area (Å²) in [6.07, 6.45) is 1.05. The zero-order valence-corrected chi connectivity index (χ0v) is 17.5. The average molecular weight is 415 g/mol. The summed E-state index contributed by atoms with van der Waals surface area (Å²) in [4.78, 5) is 12.4. The molecule has 0 saturated carbocycles. The van der Waals surface area contributed by atoms with Crippen LogP contribution in [0, 0.1) is 11.7 Å². The predicted octanol–water partition coefficient (Wildman–Crippen LogP) is 4.71. The number of rotatable bonds is 7. The number of benzene rings is 2. The number of nitrogens with zero attached hydrogens (tertiary/aromatic N) is 2. The highest BCUT2D eigenvalue weighted by Gasteiger charge is 2.12. The number of hydrogen-bond acceptors (Lipinski definition) is 3. The first kappa shape index (κ1) is 20.3. The zero-order valence-electron chi connectivity index (χ0n) is 15.9. The molecule has 1 heterocycles. The van der Waals surface area contributed by atoms with Crippen molar-refractivity contribution in [3.05, 3.63) is 69.5 Å². The third-order valence-corrected chi connectivity index (χ3v) is 5.02. The molecule has 0 fully saturated rings. The van der Waals surface area contributed by atoms with Gasteiger partial charge in [0, 0.05) is 29.6 Å². The molecule has 28 heavy (non-hydrogen) atoms. The van der Waals surface area contributed by atoms with Gasteiger partial charge in [0.05, 0.1) is 0 Å². The maximum atomic E-state index is 12.4. The maximum Gasteiger partial charge on any atom is 0.222 e. The van der Waals surface area contributed by atoms with Crippen molar-refractivity contribution < 1.29 is 4.79 Å². The van der Waals surface area contributed by atoms with E-state index in [-0.39, 0.29) is 11.9 Å². The Labute approximate surface area is 174 Å². The average Bonchev–Trinajstić information content (AvgIpc) is 3.01. The van der Waals surface area contributed by atoms with Crippen LogP contribution >= 0.6 is 23.8 Å². The summed E-state index contributed by atoms with van der Waals surface area (Å²) in [7, 11) is 0. The molecule has 1 atom stereocenters. The van der Waals surface area contributed by atoms with Crippen LogP contribution in [0.15, 0.2) is 48.5 Å². The fraction of sp³-hybridized carbons (Fsp3) is 0.286. The summed E-state index contributed by atoms with van der Waals surface area (Å²) in [6, 6.07) is 15.8. The minimum atomic E-state index is -0.0208. The van der Waals surface area contributed by atoms with E-state index in [9.17, 15) is 4.79 Å². The number of aromatic amines is 1. The minimum Gasteiger partial charge on any atom is -0.353 e.